The highest BCUT2D eigenvalue weighted by Crippen LogP contribution is 2.32. The Bertz CT molecular complexity index is 631. The molecule has 2 rings (SSSR count). The van der Waals surface area contributed by atoms with Crippen molar-refractivity contribution >= 4 is 22.4 Å². The number of nitrogens with one attached hydrogen (secondary N) is 1. The fourth-order valence-corrected chi connectivity index (χ4v) is 3.40. The van der Waals surface area contributed by atoms with Crippen LogP contribution in [0.2, 0.25) is 0 Å². The van der Waals surface area contributed by atoms with Crippen LogP contribution >= 0.6 is 12.4 Å². The first kappa shape index (κ1) is 19.2. The lowest BCUT2D eigenvalue weighted by atomic mass is 10.1. The van der Waals surface area contributed by atoms with Crippen LogP contribution in [-0.4, -0.2) is 21.0 Å². The Kier molecular flexibility index (Phi) is 5.88. The van der Waals surface area contributed by atoms with Gasteiger partial charge in [0.25, 0.3) is 0 Å². The molecule has 0 amide bonds. The number of hydrogen-bond donors (Lipinski definition) is 2. The first-order chi connectivity index (χ1) is 9.61. The van der Waals surface area contributed by atoms with Crippen LogP contribution in [0.25, 0.3) is 0 Å². The summed E-state index contributed by atoms with van der Waals surface area (Å²) in [5.41, 5.74) is 4.99. The Labute approximate surface area is 133 Å². The van der Waals surface area contributed by atoms with Crippen LogP contribution < -0.4 is 10.5 Å². The van der Waals surface area contributed by atoms with Crippen LogP contribution in [0.15, 0.2) is 23.1 Å². The van der Waals surface area contributed by atoms with Crippen molar-refractivity contribution in [3.05, 3.63) is 29.3 Å². The van der Waals surface area contributed by atoms with Gasteiger partial charge in [-0.1, -0.05) is 0 Å². The molecule has 3 N–H and O–H groups in total. The van der Waals surface area contributed by atoms with Crippen LogP contribution in [0.5, 0.6) is 0 Å². The Hall–Kier alpha value is -0.830. The number of aryl methyl sites for hydroxylation is 1. The van der Waals surface area contributed by atoms with E-state index in [1.165, 1.54) is 6.92 Å². The van der Waals surface area contributed by atoms with Crippen LogP contribution in [0.3, 0.4) is 0 Å². The molecule has 0 heterocycles. The standard InChI is InChI=1S/C13H17F3N2O2S.ClH/c1-8-6-10(13(14,15)16)4-5-12(8)21(19,20)18-7-11(17)9-2-3-9;/h4-6,9,11,18H,2-3,7,17H2,1H3;1H. The number of alkyl halides is 3. The first-order valence-corrected chi connectivity index (χ1v) is 8.02. The van der Waals surface area contributed by atoms with Gasteiger partial charge in [0.2, 0.25) is 10.0 Å². The number of benzene rings is 1. The van der Waals surface area contributed by atoms with Gasteiger partial charge >= 0.3 is 6.18 Å². The zero-order valence-corrected chi connectivity index (χ0v) is 13.5. The zero-order chi connectivity index (χ0) is 15.8. The fourth-order valence-electron chi connectivity index (χ4n) is 2.10. The third kappa shape index (κ3) is 4.58. The summed E-state index contributed by atoms with van der Waals surface area (Å²) >= 11 is 0. The van der Waals surface area contributed by atoms with Gasteiger partial charge in [-0.25, -0.2) is 13.1 Å². The number of sulfonamides is 1. The van der Waals surface area contributed by atoms with E-state index in [1.807, 2.05) is 0 Å². The number of nitrogens with two attached hydrogens (primary N) is 1. The zero-order valence-electron chi connectivity index (χ0n) is 11.9. The Morgan fingerprint density at radius 2 is 1.95 bits per heavy atom. The topological polar surface area (TPSA) is 72.2 Å². The van der Waals surface area contributed by atoms with Gasteiger partial charge in [0.15, 0.2) is 0 Å². The SMILES string of the molecule is Cc1cc(C(F)(F)F)ccc1S(=O)(=O)NCC(N)C1CC1.Cl. The molecule has 1 unspecified atom stereocenters. The highest BCUT2D eigenvalue weighted by molar-refractivity contribution is 7.89. The lowest BCUT2D eigenvalue weighted by molar-refractivity contribution is -0.137. The van der Waals surface area contributed by atoms with Gasteiger partial charge in [-0.2, -0.15) is 13.2 Å². The van der Waals surface area contributed by atoms with Gasteiger partial charge in [0, 0.05) is 12.6 Å². The molecule has 22 heavy (non-hydrogen) atoms. The minimum atomic E-state index is -4.49. The summed E-state index contributed by atoms with van der Waals surface area (Å²) < 4.78 is 64.3. The summed E-state index contributed by atoms with van der Waals surface area (Å²) in [6.07, 6.45) is -2.51. The molecule has 1 atom stereocenters. The Morgan fingerprint density at radius 3 is 2.41 bits per heavy atom. The summed E-state index contributed by atoms with van der Waals surface area (Å²) in [6.45, 7) is 1.43. The van der Waals surface area contributed by atoms with E-state index in [0.29, 0.717) is 5.92 Å². The van der Waals surface area contributed by atoms with Crippen molar-refractivity contribution in [1.82, 2.24) is 4.72 Å². The molecular weight excluding hydrogens is 341 g/mol. The lowest BCUT2D eigenvalue weighted by Gasteiger charge is -2.14. The molecule has 126 valence electrons. The lowest BCUT2D eigenvalue weighted by Crippen LogP contribution is -2.38. The van der Waals surface area contributed by atoms with E-state index in [4.69, 9.17) is 5.73 Å². The molecule has 9 heteroatoms. The predicted octanol–water partition coefficient (Wildman–Crippen LogP) is 2.45. The summed E-state index contributed by atoms with van der Waals surface area (Å²) in [6, 6.07) is 2.32. The molecule has 0 bridgehead atoms. The maximum atomic E-state index is 12.6. The van der Waals surface area contributed by atoms with E-state index in [0.717, 1.165) is 31.0 Å². The van der Waals surface area contributed by atoms with Crippen molar-refractivity contribution < 1.29 is 21.6 Å². The smallest absolute Gasteiger partial charge is 0.326 e. The van der Waals surface area contributed by atoms with E-state index in [1.54, 1.807) is 0 Å². The molecule has 4 nitrogen and oxygen atoms in total. The van der Waals surface area contributed by atoms with E-state index >= 15 is 0 Å². The number of rotatable bonds is 5. The van der Waals surface area contributed by atoms with Gasteiger partial charge in [-0.15, -0.1) is 12.4 Å². The maximum absolute atomic E-state index is 12.6. The van der Waals surface area contributed by atoms with Crippen LogP contribution in [0.4, 0.5) is 13.2 Å². The third-order valence-electron chi connectivity index (χ3n) is 3.53. The van der Waals surface area contributed by atoms with Crippen molar-refractivity contribution in [3.63, 3.8) is 0 Å². The minimum absolute atomic E-state index is 0. The predicted molar refractivity (Wildman–Crippen MR) is 79.3 cm³/mol. The fraction of sp³-hybridized carbons (Fsp3) is 0.538. The van der Waals surface area contributed by atoms with Crippen molar-refractivity contribution in [2.24, 2.45) is 11.7 Å². The maximum Gasteiger partial charge on any atom is 0.416 e. The molecular formula is C13H18ClF3N2O2S. The molecule has 1 aliphatic rings. The number of halogens is 4. The van der Waals surface area contributed by atoms with Gasteiger partial charge < -0.3 is 5.73 Å². The van der Waals surface area contributed by atoms with Crippen molar-refractivity contribution in [1.29, 1.82) is 0 Å². The quantitative estimate of drug-likeness (QED) is 0.849. The molecule has 1 saturated carbocycles. The average molecular weight is 359 g/mol. The second-order valence-corrected chi connectivity index (χ2v) is 7.07. The molecule has 0 spiro atoms. The van der Waals surface area contributed by atoms with Gasteiger partial charge in [-0.05, 0) is 49.4 Å². The van der Waals surface area contributed by atoms with Gasteiger partial charge in [0.05, 0.1) is 10.5 Å². The van der Waals surface area contributed by atoms with Crippen LogP contribution in [-0.2, 0) is 16.2 Å². The largest absolute Gasteiger partial charge is 0.416 e. The summed E-state index contributed by atoms with van der Waals surface area (Å²) in [5, 5.41) is 0. The molecule has 0 aromatic heterocycles. The summed E-state index contributed by atoms with van der Waals surface area (Å²) in [7, 11) is -3.85. The molecule has 0 saturated heterocycles. The second-order valence-electron chi connectivity index (χ2n) is 5.33. The van der Waals surface area contributed by atoms with E-state index in [-0.39, 0.29) is 35.5 Å². The van der Waals surface area contributed by atoms with E-state index < -0.39 is 21.8 Å². The van der Waals surface area contributed by atoms with Crippen LogP contribution in [0.1, 0.15) is 24.0 Å². The average Bonchev–Trinajstić information content (AvgIpc) is 3.18. The molecule has 0 aliphatic heterocycles. The van der Waals surface area contributed by atoms with Crippen LogP contribution in [0, 0.1) is 12.8 Å². The summed E-state index contributed by atoms with van der Waals surface area (Å²) in [5.74, 6) is 0.335. The van der Waals surface area contributed by atoms with Crippen molar-refractivity contribution in [2.45, 2.75) is 36.9 Å². The molecule has 1 fully saturated rings. The Balaban J connectivity index is 0.00000242. The number of hydrogen-bond acceptors (Lipinski definition) is 3. The monoisotopic (exact) mass is 358 g/mol. The third-order valence-corrected chi connectivity index (χ3v) is 5.11. The second kappa shape index (κ2) is 6.74. The highest BCUT2D eigenvalue weighted by atomic mass is 35.5. The minimum Gasteiger partial charge on any atom is -0.326 e. The van der Waals surface area contributed by atoms with Crippen molar-refractivity contribution in [3.8, 4) is 0 Å². The summed E-state index contributed by atoms with van der Waals surface area (Å²) in [4.78, 5) is -0.154. The molecule has 1 aliphatic carbocycles. The molecule has 1 aromatic rings. The highest BCUT2D eigenvalue weighted by Gasteiger charge is 2.32. The molecule has 1 aromatic carbocycles. The van der Waals surface area contributed by atoms with Gasteiger partial charge in [0.1, 0.15) is 0 Å². The van der Waals surface area contributed by atoms with E-state index in [2.05, 4.69) is 4.72 Å². The first-order valence-electron chi connectivity index (χ1n) is 6.54. The van der Waals surface area contributed by atoms with Gasteiger partial charge in [-0.3, -0.25) is 0 Å². The van der Waals surface area contributed by atoms with E-state index in [9.17, 15) is 21.6 Å². The Morgan fingerprint density at radius 1 is 1.36 bits per heavy atom. The van der Waals surface area contributed by atoms with Crippen molar-refractivity contribution in [2.75, 3.05) is 6.54 Å². The normalized spacial score (nSPS) is 17.0. The molecule has 0 radical (unpaired) electrons.